The van der Waals surface area contributed by atoms with Gasteiger partial charge in [-0.15, -0.1) is 0 Å². The van der Waals surface area contributed by atoms with Crippen LogP contribution in [0, 0.1) is 17.2 Å². The third kappa shape index (κ3) is 3.01. The molecular weight excluding hydrogens is 196 g/mol. The van der Waals surface area contributed by atoms with Crippen LogP contribution in [0.4, 0.5) is 0 Å². The first-order chi connectivity index (χ1) is 6.63. The third-order valence-electron chi connectivity index (χ3n) is 1.96. The molecule has 0 fully saturated rings. The molecule has 2 nitrogen and oxygen atoms in total. The maximum Gasteiger partial charge on any atom is 0.129 e. The number of nitrogens with zero attached hydrogens (tertiary/aromatic N) is 2. The maximum atomic E-state index is 8.99. The van der Waals surface area contributed by atoms with Crippen molar-refractivity contribution in [3.8, 4) is 6.07 Å². The summed E-state index contributed by atoms with van der Waals surface area (Å²) in [5.41, 5.74) is 0.772. The summed E-state index contributed by atoms with van der Waals surface area (Å²) in [6.45, 7) is 4.18. The Labute approximate surface area is 89.5 Å². The normalized spacial score (nSPS) is 12.5. The lowest BCUT2D eigenvalue weighted by atomic mass is 9.95. The van der Waals surface area contributed by atoms with Crippen LogP contribution in [0.2, 0.25) is 5.15 Å². The zero-order valence-electron chi connectivity index (χ0n) is 8.37. The number of hydrogen-bond donors (Lipinski definition) is 0. The van der Waals surface area contributed by atoms with Crippen molar-refractivity contribution in [2.24, 2.45) is 5.92 Å². The van der Waals surface area contributed by atoms with Gasteiger partial charge in [0.1, 0.15) is 5.15 Å². The highest BCUT2D eigenvalue weighted by atomic mass is 35.5. The number of halogens is 1. The highest BCUT2D eigenvalue weighted by Gasteiger charge is 2.13. The molecule has 3 heteroatoms. The molecule has 1 aromatic heterocycles. The van der Waals surface area contributed by atoms with Gasteiger partial charge in [0.05, 0.1) is 17.7 Å². The minimum absolute atomic E-state index is 0.145. The van der Waals surface area contributed by atoms with Gasteiger partial charge in [0.15, 0.2) is 0 Å². The van der Waals surface area contributed by atoms with E-state index in [1.165, 1.54) is 0 Å². The molecule has 0 spiro atoms. The van der Waals surface area contributed by atoms with E-state index in [4.69, 9.17) is 16.9 Å². The van der Waals surface area contributed by atoms with Crippen molar-refractivity contribution in [3.63, 3.8) is 0 Å². The van der Waals surface area contributed by atoms with Crippen molar-refractivity contribution in [1.82, 2.24) is 4.98 Å². The molecule has 1 aromatic rings. The summed E-state index contributed by atoms with van der Waals surface area (Å²) < 4.78 is 0. The zero-order valence-corrected chi connectivity index (χ0v) is 9.12. The SMILES string of the molecule is CC(C)CC(C#N)c1cccc(Cl)n1. The first-order valence-electron chi connectivity index (χ1n) is 4.65. The lowest BCUT2D eigenvalue weighted by molar-refractivity contribution is 0.549. The Kier molecular flexibility index (Phi) is 3.91. The Balaban J connectivity index is 2.85. The van der Waals surface area contributed by atoms with E-state index < -0.39 is 0 Å². The molecule has 1 heterocycles. The molecule has 0 saturated carbocycles. The monoisotopic (exact) mass is 208 g/mol. The van der Waals surface area contributed by atoms with Crippen molar-refractivity contribution < 1.29 is 0 Å². The Bertz CT molecular complexity index is 341. The van der Waals surface area contributed by atoms with Gasteiger partial charge in [0, 0.05) is 0 Å². The number of rotatable bonds is 3. The van der Waals surface area contributed by atoms with Gasteiger partial charge in [-0.3, -0.25) is 0 Å². The molecule has 0 N–H and O–H groups in total. The van der Waals surface area contributed by atoms with E-state index in [0.29, 0.717) is 11.1 Å². The molecule has 0 radical (unpaired) electrons. The number of aromatic nitrogens is 1. The van der Waals surface area contributed by atoms with Crippen LogP contribution in [0.1, 0.15) is 31.9 Å². The van der Waals surface area contributed by atoms with Crippen LogP contribution in [0.25, 0.3) is 0 Å². The number of hydrogen-bond acceptors (Lipinski definition) is 2. The van der Waals surface area contributed by atoms with Gasteiger partial charge >= 0.3 is 0 Å². The van der Waals surface area contributed by atoms with E-state index in [9.17, 15) is 0 Å². The predicted molar refractivity (Wildman–Crippen MR) is 57.1 cm³/mol. The molecule has 0 aliphatic carbocycles. The van der Waals surface area contributed by atoms with Crippen LogP contribution in [0.15, 0.2) is 18.2 Å². The molecule has 0 bridgehead atoms. The summed E-state index contributed by atoms with van der Waals surface area (Å²) in [6.07, 6.45) is 0.823. The summed E-state index contributed by atoms with van der Waals surface area (Å²) in [7, 11) is 0. The standard InChI is InChI=1S/C11H13ClN2/c1-8(2)6-9(7-13)10-4-3-5-11(12)14-10/h3-5,8-9H,6H2,1-2H3. The topological polar surface area (TPSA) is 36.7 Å². The molecule has 74 valence electrons. The third-order valence-corrected chi connectivity index (χ3v) is 2.17. The van der Waals surface area contributed by atoms with Crippen molar-refractivity contribution in [2.75, 3.05) is 0 Å². The van der Waals surface area contributed by atoms with Gasteiger partial charge in [0.25, 0.3) is 0 Å². The van der Waals surface area contributed by atoms with Crippen molar-refractivity contribution >= 4 is 11.6 Å². The van der Waals surface area contributed by atoms with E-state index >= 15 is 0 Å². The Morgan fingerprint density at radius 1 is 1.50 bits per heavy atom. The molecule has 0 aromatic carbocycles. The number of pyridine rings is 1. The predicted octanol–water partition coefficient (Wildman–Crippen LogP) is 3.39. The second kappa shape index (κ2) is 4.97. The Morgan fingerprint density at radius 3 is 2.71 bits per heavy atom. The molecule has 1 unspecified atom stereocenters. The molecule has 0 aliphatic rings. The summed E-state index contributed by atoms with van der Waals surface area (Å²) in [5, 5.41) is 9.44. The van der Waals surface area contributed by atoms with E-state index in [-0.39, 0.29) is 5.92 Å². The smallest absolute Gasteiger partial charge is 0.129 e. The lowest BCUT2D eigenvalue weighted by Crippen LogP contribution is -2.02. The highest BCUT2D eigenvalue weighted by Crippen LogP contribution is 2.22. The fourth-order valence-corrected chi connectivity index (χ4v) is 1.50. The van der Waals surface area contributed by atoms with Crippen LogP contribution >= 0.6 is 11.6 Å². The summed E-state index contributed by atoms with van der Waals surface area (Å²) in [4.78, 5) is 4.14. The highest BCUT2D eigenvalue weighted by molar-refractivity contribution is 6.29. The summed E-state index contributed by atoms with van der Waals surface area (Å²) >= 11 is 5.76. The minimum Gasteiger partial charge on any atom is -0.240 e. The molecule has 0 aliphatic heterocycles. The first kappa shape index (κ1) is 11.0. The van der Waals surface area contributed by atoms with E-state index in [1.807, 2.05) is 12.1 Å². The van der Waals surface area contributed by atoms with Crippen LogP contribution in [0.3, 0.4) is 0 Å². The van der Waals surface area contributed by atoms with Gasteiger partial charge in [-0.25, -0.2) is 4.98 Å². The minimum atomic E-state index is -0.145. The van der Waals surface area contributed by atoms with Crippen molar-refractivity contribution in [2.45, 2.75) is 26.2 Å². The van der Waals surface area contributed by atoms with Gasteiger partial charge in [0.2, 0.25) is 0 Å². The largest absolute Gasteiger partial charge is 0.240 e. The fraction of sp³-hybridized carbons (Fsp3) is 0.455. The second-order valence-corrected chi connectivity index (χ2v) is 4.08. The fourth-order valence-electron chi connectivity index (χ4n) is 1.33. The lowest BCUT2D eigenvalue weighted by Gasteiger charge is -2.10. The average molecular weight is 209 g/mol. The summed E-state index contributed by atoms with van der Waals surface area (Å²) in [5.74, 6) is 0.342. The van der Waals surface area contributed by atoms with Gasteiger partial charge < -0.3 is 0 Å². The molecule has 1 rings (SSSR count). The zero-order chi connectivity index (χ0) is 10.6. The number of nitriles is 1. The van der Waals surface area contributed by atoms with E-state index in [1.54, 1.807) is 6.07 Å². The van der Waals surface area contributed by atoms with Crippen molar-refractivity contribution in [1.29, 1.82) is 5.26 Å². The quantitative estimate of drug-likeness (QED) is 0.714. The Hall–Kier alpha value is -1.07. The molecule has 0 saturated heterocycles. The molecule has 1 atom stereocenters. The summed E-state index contributed by atoms with van der Waals surface area (Å²) in [6, 6.07) is 7.65. The van der Waals surface area contributed by atoms with Gasteiger partial charge in [-0.2, -0.15) is 5.26 Å². The molecule has 14 heavy (non-hydrogen) atoms. The Morgan fingerprint density at radius 2 is 2.21 bits per heavy atom. The first-order valence-corrected chi connectivity index (χ1v) is 5.03. The van der Waals surface area contributed by atoms with Crippen LogP contribution in [0.5, 0.6) is 0 Å². The average Bonchev–Trinajstić information content (AvgIpc) is 2.14. The molecular formula is C11H13ClN2. The molecule has 0 amide bonds. The van der Waals surface area contributed by atoms with Crippen molar-refractivity contribution in [3.05, 3.63) is 29.0 Å². The van der Waals surface area contributed by atoms with E-state index in [2.05, 4.69) is 24.9 Å². The van der Waals surface area contributed by atoms with Crippen LogP contribution < -0.4 is 0 Å². The van der Waals surface area contributed by atoms with Crippen LogP contribution in [-0.4, -0.2) is 4.98 Å². The van der Waals surface area contributed by atoms with Crippen LogP contribution in [-0.2, 0) is 0 Å². The maximum absolute atomic E-state index is 8.99. The van der Waals surface area contributed by atoms with E-state index in [0.717, 1.165) is 12.1 Å². The second-order valence-electron chi connectivity index (χ2n) is 3.70. The van der Waals surface area contributed by atoms with Gasteiger partial charge in [-0.1, -0.05) is 31.5 Å². The van der Waals surface area contributed by atoms with Gasteiger partial charge in [-0.05, 0) is 24.5 Å².